The first-order valence-corrected chi connectivity index (χ1v) is 18.8. The highest BCUT2D eigenvalue weighted by Gasteiger charge is 2.41. The topological polar surface area (TPSA) is 10.9 Å². The fourth-order valence-corrected chi connectivity index (χ4v) is 9.21. The van der Waals surface area contributed by atoms with Crippen molar-refractivity contribution in [2.75, 3.05) is 9.80 Å². The quantitative estimate of drug-likeness (QED) is 0.172. The highest BCUT2D eigenvalue weighted by atomic mass is 15.1. The highest BCUT2D eigenvalue weighted by molar-refractivity contribution is 6.20. The Hall–Kier alpha value is -6.84. The number of rotatable bonds is 6. The molecular formula is C51H37N3. The fraction of sp³-hybridized carbons (Fsp3) is 0.0588. The largest absolute Gasteiger partial charge is 0.311 e. The maximum Gasteiger partial charge on any atom is 0.0617 e. The summed E-state index contributed by atoms with van der Waals surface area (Å²) in [5.74, 6) is 0. The second kappa shape index (κ2) is 11.6. The Balaban J connectivity index is 1.09. The van der Waals surface area contributed by atoms with Gasteiger partial charge < -0.3 is 14.2 Å². The van der Waals surface area contributed by atoms with Crippen LogP contribution in [0.2, 0.25) is 0 Å². The highest BCUT2D eigenvalue weighted by Crippen LogP contribution is 2.56. The number of aromatic nitrogens is 1. The molecule has 0 spiro atoms. The Morgan fingerprint density at radius 2 is 0.926 bits per heavy atom. The third-order valence-electron chi connectivity index (χ3n) is 11.6. The maximum atomic E-state index is 2.58. The van der Waals surface area contributed by atoms with Gasteiger partial charge in [-0.3, -0.25) is 0 Å². The molecule has 11 rings (SSSR count). The molecule has 2 aromatic heterocycles. The maximum absolute atomic E-state index is 2.58. The smallest absolute Gasteiger partial charge is 0.0617 e. The summed E-state index contributed by atoms with van der Waals surface area (Å²) >= 11 is 0. The summed E-state index contributed by atoms with van der Waals surface area (Å²) in [6, 6.07) is 68.4. The summed E-state index contributed by atoms with van der Waals surface area (Å²) in [5.41, 5.74) is 14.7. The van der Waals surface area contributed by atoms with Gasteiger partial charge in [0.15, 0.2) is 0 Å². The first-order chi connectivity index (χ1) is 26.6. The molecule has 0 saturated carbocycles. The van der Waals surface area contributed by atoms with Gasteiger partial charge >= 0.3 is 0 Å². The lowest BCUT2D eigenvalue weighted by Gasteiger charge is -2.26. The van der Waals surface area contributed by atoms with Gasteiger partial charge in [-0.2, -0.15) is 0 Å². The first-order valence-electron chi connectivity index (χ1n) is 18.8. The molecule has 2 heterocycles. The molecule has 0 amide bonds. The summed E-state index contributed by atoms with van der Waals surface area (Å²) in [6.07, 6.45) is 0. The van der Waals surface area contributed by atoms with E-state index in [-0.39, 0.29) is 5.41 Å². The molecule has 3 nitrogen and oxygen atoms in total. The van der Waals surface area contributed by atoms with E-state index in [1.54, 1.807) is 0 Å². The molecule has 3 heteroatoms. The zero-order chi connectivity index (χ0) is 36.0. The minimum absolute atomic E-state index is 0.218. The van der Waals surface area contributed by atoms with Crippen molar-refractivity contribution >= 4 is 72.1 Å². The lowest BCUT2D eigenvalue weighted by Crippen LogP contribution is -2.17. The van der Waals surface area contributed by atoms with E-state index in [0.29, 0.717) is 0 Å². The van der Waals surface area contributed by atoms with E-state index < -0.39 is 0 Å². The molecule has 8 aromatic carbocycles. The third-order valence-corrected chi connectivity index (χ3v) is 11.6. The van der Waals surface area contributed by atoms with Crippen molar-refractivity contribution in [3.05, 3.63) is 199 Å². The Labute approximate surface area is 314 Å². The van der Waals surface area contributed by atoms with Crippen LogP contribution in [0, 0.1) is 0 Å². The fourth-order valence-electron chi connectivity index (χ4n) is 9.21. The van der Waals surface area contributed by atoms with Gasteiger partial charge in [-0.15, -0.1) is 0 Å². The predicted octanol–water partition coefficient (Wildman–Crippen LogP) is 14.1. The third kappa shape index (κ3) is 4.42. The Kier molecular flexibility index (Phi) is 6.60. The number of hydrogen-bond acceptors (Lipinski definition) is 2. The normalized spacial score (nSPS) is 13.1. The molecule has 0 atom stereocenters. The summed E-state index contributed by atoms with van der Waals surface area (Å²) in [6.45, 7) is 4.82. The van der Waals surface area contributed by atoms with Crippen LogP contribution in [0.1, 0.15) is 25.1 Å². The van der Waals surface area contributed by atoms with E-state index in [1.807, 2.05) is 0 Å². The van der Waals surface area contributed by atoms with Crippen molar-refractivity contribution in [3.63, 3.8) is 0 Å². The van der Waals surface area contributed by atoms with Crippen LogP contribution in [-0.2, 0) is 5.41 Å². The van der Waals surface area contributed by atoms with Gasteiger partial charge in [-0.05, 0) is 113 Å². The summed E-state index contributed by atoms with van der Waals surface area (Å²) in [7, 11) is 0. The van der Waals surface area contributed by atoms with Gasteiger partial charge in [0.2, 0.25) is 0 Å². The monoisotopic (exact) mass is 691 g/mol. The van der Waals surface area contributed by atoms with E-state index in [9.17, 15) is 0 Å². The molecule has 0 aliphatic heterocycles. The van der Waals surface area contributed by atoms with Gasteiger partial charge in [-0.25, -0.2) is 0 Å². The molecule has 0 saturated heterocycles. The van der Waals surface area contributed by atoms with Crippen molar-refractivity contribution in [1.82, 2.24) is 4.40 Å². The molecule has 0 radical (unpaired) electrons. The Bertz CT molecular complexity index is 2920. The van der Waals surface area contributed by atoms with Crippen LogP contribution in [0.3, 0.4) is 0 Å². The molecule has 1 aliphatic carbocycles. The second-order valence-corrected chi connectivity index (χ2v) is 15.0. The number of benzene rings is 8. The van der Waals surface area contributed by atoms with Crippen molar-refractivity contribution in [1.29, 1.82) is 0 Å². The average molecular weight is 692 g/mol. The lowest BCUT2D eigenvalue weighted by molar-refractivity contribution is 0.634. The molecule has 0 fully saturated rings. The van der Waals surface area contributed by atoms with Crippen molar-refractivity contribution in [3.8, 4) is 11.1 Å². The number of para-hydroxylation sites is 5. The van der Waals surface area contributed by atoms with Crippen LogP contribution in [0.5, 0.6) is 0 Å². The minimum atomic E-state index is -0.218. The molecule has 10 aromatic rings. The number of fused-ring (bicyclic) bond motifs is 9. The predicted molar refractivity (Wildman–Crippen MR) is 228 cm³/mol. The average Bonchev–Trinajstić information content (AvgIpc) is 3.82. The zero-order valence-corrected chi connectivity index (χ0v) is 30.2. The van der Waals surface area contributed by atoms with Crippen LogP contribution < -0.4 is 9.80 Å². The van der Waals surface area contributed by atoms with Crippen LogP contribution in [0.4, 0.5) is 34.1 Å². The van der Waals surface area contributed by atoms with E-state index in [1.165, 1.54) is 60.3 Å². The van der Waals surface area contributed by atoms with E-state index in [0.717, 1.165) is 34.1 Å². The van der Waals surface area contributed by atoms with Crippen LogP contribution in [-0.4, -0.2) is 4.40 Å². The van der Waals surface area contributed by atoms with Gasteiger partial charge in [0.25, 0.3) is 0 Å². The Morgan fingerprint density at radius 1 is 0.407 bits per heavy atom. The van der Waals surface area contributed by atoms with Crippen LogP contribution in [0.25, 0.3) is 49.1 Å². The molecule has 0 unspecified atom stereocenters. The van der Waals surface area contributed by atoms with E-state index in [2.05, 4.69) is 216 Å². The number of anilines is 6. The zero-order valence-electron chi connectivity index (χ0n) is 30.2. The number of hydrogen-bond donors (Lipinski definition) is 0. The molecule has 1 aliphatic rings. The SMILES string of the molecule is CC1(C)c2cc3cc(N(c4ccccc4)c4ccccc4)ccc3cc2-c2c1n1c3ccc(N(c4ccccc4)c4ccccc4)cc3c3cccc2c31. The summed E-state index contributed by atoms with van der Waals surface area (Å²) < 4.78 is 2.58. The Morgan fingerprint density at radius 3 is 1.50 bits per heavy atom. The molecule has 54 heavy (non-hydrogen) atoms. The molecular weight excluding hydrogens is 655 g/mol. The molecule has 256 valence electrons. The van der Waals surface area contributed by atoms with Crippen molar-refractivity contribution in [2.24, 2.45) is 0 Å². The van der Waals surface area contributed by atoms with Crippen molar-refractivity contribution < 1.29 is 0 Å². The second-order valence-electron chi connectivity index (χ2n) is 15.0. The van der Waals surface area contributed by atoms with Gasteiger partial charge in [0.1, 0.15) is 0 Å². The van der Waals surface area contributed by atoms with E-state index in [4.69, 9.17) is 0 Å². The molecule has 0 bridgehead atoms. The van der Waals surface area contributed by atoms with Gasteiger partial charge in [0, 0.05) is 67.0 Å². The van der Waals surface area contributed by atoms with E-state index >= 15 is 0 Å². The van der Waals surface area contributed by atoms with Crippen LogP contribution in [0.15, 0.2) is 188 Å². The first kappa shape index (κ1) is 30.8. The van der Waals surface area contributed by atoms with Crippen molar-refractivity contribution in [2.45, 2.75) is 19.3 Å². The van der Waals surface area contributed by atoms with Gasteiger partial charge in [0.05, 0.1) is 11.0 Å². The molecule has 0 N–H and O–H groups in total. The summed E-state index contributed by atoms with van der Waals surface area (Å²) in [5, 5.41) is 6.40. The van der Waals surface area contributed by atoms with Crippen LogP contribution >= 0.6 is 0 Å². The standard InChI is InChI=1S/C51H37N3/c1-51(2)46-32-35-30-40(52(36-16-7-3-8-17-36)37-18-9-4-10-19-37)27-26-34(35)31-45(46)48-43-25-15-24-42-44-33-41(28-29-47(44)54(49(42)43)50(48)51)53(38-20-11-5-12-21-38)39-22-13-6-14-23-39/h3-33H,1-2H3. The van der Waals surface area contributed by atoms with Gasteiger partial charge in [-0.1, -0.05) is 111 Å². The minimum Gasteiger partial charge on any atom is -0.311 e. The summed E-state index contributed by atoms with van der Waals surface area (Å²) in [4.78, 5) is 4.70. The lowest BCUT2D eigenvalue weighted by atomic mass is 9.84. The number of nitrogens with zero attached hydrogens (tertiary/aromatic N) is 3.